The summed E-state index contributed by atoms with van der Waals surface area (Å²) >= 11 is 0. The standard InChI is InChI=1S/C17H17F2N3O3/c18-14(19)9-12(17(24)25)20-16(23)15-11-7-4-8-13(11)22(21-15)10-5-2-1-3-6-10/h1-3,5-6,12,14H,4,7-9H2,(H,20,23)(H,24,25). The van der Waals surface area contributed by atoms with Crippen molar-refractivity contribution in [2.75, 3.05) is 0 Å². The van der Waals surface area contributed by atoms with Crippen molar-refractivity contribution in [3.63, 3.8) is 0 Å². The summed E-state index contributed by atoms with van der Waals surface area (Å²) in [5.74, 6) is -2.23. The fourth-order valence-corrected chi connectivity index (χ4v) is 3.03. The van der Waals surface area contributed by atoms with Gasteiger partial charge in [0.05, 0.1) is 5.69 Å². The second-order valence-corrected chi connectivity index (χ2v) is 5.87. The van der Waals surface area contributed by atoms with Gasteiger partial charge < -0.3 is 10.4 Å². The number of benzene rings is 1. The maximum Gasteiger partial charge on any atom is 0.326 e. The van der Waals surface area contributed by atoms with Gasteiger partial charge in [0.2, 0.25) is 6.43 Å². The normalized spacial score (nSPS) is 14.4. The SMILES string of the molecule is O=C(NC(CC(F)F)C(=O)O)c1nn(-c2ccccc2)c2c1CCC2. The van der Waals surface area contributed by atoms with Gasteiger partial charge in [0.15, 0.2) is 5.69 Å². The Kier molecular flexibility index (Phi) is 4.78. The number of nitrogens with one attached hydrogen (secondary N) is 1. The van der Waals surface area contributed by atoms with E-state index in [1.807, 2.05) is 30.3 Å². The number of alkyl halides is 2. The monoisotopic (exact) mass is 349 g/mol. The first-order valence-corrected chi connectivity index (χ1v) is 7.95. The highest BCUT2D eigenvalue weighted by molar-refractivity contribution is 5.96. The van der Waals surface area contributed by atoms with Crippen LogP contribution in [0.2, 0.25) is 0 Å². The molecule has 1 aliphatic carbocycles. The summed E-state index contributed by atoms with van der Waals surface area (Å²) < 4.78 is 26.7. The van der Waals surface area contributed by atoms with Gasteiger partial charge >= 0.3 is 5.97 Å². The summed E-state index contributed by atoms with van der Waals surface area (Å²) in [4.78, 5) is 23.5. The molecule has 1 heterocycles. The third kappa shape index (κ3) is 3.52. The Bertz CT molecular complexity index is 790. The first-order chi connectivity index (χ1) is 12.0. The number of aromatic nitrogens is 2. The van der Waals surface area contributed by atoms with Crippen LogP contribution in [-0.2, 0) is 17.6 Å². The Morgan fingerprint density at radius 2 is 1.96 bits per heavy atom. The average Bonchev–Trinajstić information content (AvgIpc) is 3.16. The average molecular weight is 349 g/mol. The molecule has 0 saturated carbocycles. The highest BCUT2D eigenvalue weighted by Crippen LogP contribution is 2.27. The van der Waals surface area contributed by atoms with E-state index in [4.69, 9.17) is 5.11 Å². The van der Waals surface area contributed by atoms with Crippen LogP contribution in [0.1, 0.15) is 34.6 Å². The van der Waals surface area contributed by atoms with E-state index in [0.29, 0.717) is 6.42 Å². The molecule has 1 atom stereocenters. The number of aliphatic carboxylic acids is 1. The first-order valence-electron chi connectivity index (χ1n) is 7.95. The van der Waals surface area contributed by atoms with Crippen LogP contribution < -0.4 is 5.32 Å². The molecule has 6 nitrogen and oxygen atoms in total. The highest BCUT2D eigenvalue weighted by atomic mass is 19.3. The van der Waals surface area contributed by atoms with Gasteiger partial charge in [-0.2, -0.15) is 5.10 Å². The number of fused-ring (bicyclic) bond motifs is 1. The summed E-state index contributed by atoms with van der Waals surface area (Å²) in [6, 6.07) is 7.62. The maximum absolute atomic E-state index is 12.5. The van der Waals surface area contributed by atoms with Crippen molar-refractivity contribution in [3.8, 4) is 5.69 Å². The summed E-state index contributed by atoms with van der Waals surface area (Å²) in [5.41, 5.74) is 2.55. The zero-order valence-corrected chi connectivity index (χ0v) is 13.3. The number of nitrogens with zero attached hydrogens (tertiary/aromatic N) is 2. The smallest absolute Gasteiger partial charge is 0.326 e. The fraction of sp³-hybridized carbons (Fsp3) is 0.353. The molecule has 1 aliphatic rings. The van der Waals surface area contributed by atoms with Gasteiger partial charge in [-0.25, -0.2) is 18.3 Å². The first kappa shape index (κ1) is 17.1. The number of carboxylic acid groups (broad SMARTS) is 1. The molecule has 0 aliphatic heterocycles. The Labute approximate surface area is 142 Å². The molecular formula is C17H17F2N3O3. The molecule has 1 aromatic carbocycles. The number of rotatable bonds is 6. The van der Waals surface area contributed by atoms with E-state index < -0.39 is 30.8 Å². The molecule has 0 radical (unpaired) electrons. The minimum absolute atomic E-state index is 0.108. The molecule has 0 bridgehead atoms. The number of halogens is 2. The van der Waals surface area contributed by atoms with Crippen molar-refractivity contribution < 1.29 is 23.5 Å². The Morgan fingerprint density at radius 3 is 2.60 bits per heavy atom. The predicted molar refractivity (Wildman–Crippen MR) is 85.1 cm³/mol. The van der Waals surface area contributed by atoms with Crippen LogP contribution in [0.5, 0.6) is 0 Å². The Hall–Kier alpha value is -2.77. The van der Waals surface area contributed by atoms with Crippen LogP contribution in [0.3, 0.4) is 0 Å². The third-order valence-corrected chi connectivity index (χ3v) is 4.16. The van der Waals surface area contributed by atoms with E-state index in [2.05, 4.69) is 10.4 Å². The van der Waals surface area contributed by atoms with Gasteiger partial charge in [0.25, 0.3) is 5.91 Å². The Balaban J connectivity index is 1.90. The largest absolute Gasteiger partial charge is 0.480 e. The molecule has 0 saturated heterocycles. The topological polar surface area (TPSA) is 84.2 Å². The van der Waals surface area contributed by atoms with Crippen LogP contribution in [0.15, 0.2) is 30.3 Å². The zero-order valence-electron chi connectivity index (χ0n) is 13.3. The summed E-state index contributed by atoms with van der Waals surface area (Å²) in [6.45, 7) is 0. The van der Waals surface area contributed by atoms with E-state index in [0.717, 1.165) is 29.8 Å². The molecule has 8 heteroatoms. The minimum Gasteiger partial charge on any atom is -0.480 e. The number of hydrogen-bond acceptors (Lipinski definition) is 3. The lowest BCUT2D eigenvalue weighted by molar-refractivity contribution is -0.140. The molecule has 25 heavy (non-hydrogen) atoms. The van der Waals surface area contributed by atoms with E-state index in [1.165, 1.54) is 0 Å². The molecule has 0 fully saturated rings. The van der Waals surface area contributed by atoms with E-state index >= 15 is 0 Å². The van der Waals surface area contributed by atoms with Crippen molar-refractivity contribution in [1.29, 1.82) is 0 Å². The van der Waals surface area contributed by atoms with Crippen molar-refractivity contribution in [2.45, 2.75) is 38.2 Å². The van der Waals surface area contributed by atoms with Crippen LogP contribution in [0, 0.1) is 0 Å². The van der Waals surface area contributed by atoms with E-state index in [9.17, 15) is 18.4 Å². The number of carbonyl (C=O) groups is 2. The lowest BCUT2D eigenvalue weighted by atomic mass is 10.1. The number of carbonyl (C=O) groups excluding carboxylic acids is 1. The van der Waals surface area contributed by atoms with E-state index in [1.54, 1.807) is 4.68 Å². The lowest BCUT2D eigenvalue weighted by Gasteiger charge is -2.13. The fourth-order valence-electron chi connectivity index (χ4n) is 3.03. The lowest BCUT2D eigenvalue weighted by Crippen LogP contribution is -2.42. The number of para-hydroxylation sites is 1. The second kappa shape index (κ2) is 7.00. The van der Waals surface area contributed by atoms with Crippen LogP contribution >= 0.6 is 0 Å². The van der Waals surface area contributed by atoms with Crippen molar-refractivity contribution >= 4 is 11.9 Å². The van der Waals surface area contributed by atoms with Crippen LogP contribution in [-0.4, -0.2) is 39.2 Å². The predicted octanol–water partition coefficient (Wildman–Crippen LogP) is 2.20. The van der Waals surface area contributed by atoms with Gasteiger partial charge in [0, 0.05) is 17.7 Å². The number of hydrogen-bond donors (Lipinski definition) is 2. The van der Waals surface area contributed by atoms with Gasteiger partial charge in [-0.05, 0) is 31.4 Å². The van der Waals surface area contributed by atoms with Gasteiger partial charge in [-0.15, -0.1) is 0 Å². The molecule has 1 unspecified atom stereocenters. The van der Waals surface area contributed by atoms with Crippen LogP contribution in [0.25, 0.3) is 5.69 Å². The quantitative estimate of drug-likeness (QED) is 0.837. The second-order valence-electron chi connectivity index (χ2n) is 5.87. The highest BCUT2D eigenvalue weighted by Gasteiger charge is 2.30. The molecular weight excluding hydrogens is 332 g/mol. The van der Waals surface area contributed by atoms with Crippen molar-refractivity contribution in [3.05, 3.63) is 47.3 Å². The number of carboxylic acids is 1. The molecule has 3 rings (SSSR count). The molecule has 1 amide bonds. The molecule has 1 aromatic heterocycles. The third-order valence-electron chi connectivity index (χ3n) is 4.16. The van der Waals surface area contributed by atoms with Crippen LogP contribution in [0.4, 0.5) is 8.78 Å². The molecule has 132 valence electrons. The van der Waals surface area contributed by atoms with Gasteiger partial charge in [0.1, 0.15) is 6.04 Å². The summed E-state index contributed by atoms with van der Waals surface area (Å²) in [5, 5.41) is 15.5. The van der Waals surface area contributed by atoms with Crippen molar-refractivity contribution in [2.24, 2.45) is 0 Å². The number of amides is 1. The Morgan fingerprint density at radius 1 is 1.24 bits per heavy atom. The van der Waals surface area contributed by atoms with Gasteiger partial charge in [-0.1, -0.05) is 18.2 Å². The molecule has 2 aromatic rings. The zero-order chi connectivity index (χ0) is 18.0. The van der Waals surface area contributed by atoms with Gasteiger partial charge in [-0.3, -0.25) is 4.79 Å². The molecule has 0 spiro atoms. The van der Waals surface area contributed by atoms with Crippen molar-refractivity contribution in [1.82, 2.24) is 15.1 Å². The summed E-state index contributed by atoms with van der Waals surface area (Å²) in [7, 11) is 0. The minimum atomic E-state index is -2.83. The molecule has 2 N–H and O–H groups in total. The van der Waals surface area contributed by atoms with E-state index in [-0.39, 0.29) is 5.69 Å². The maximum atomic E-state index is 12.5. The summed E-state index contributed by atoms with van der Waals surface area (Å²) in [6.07, 6.45) is -1.50.